The third kappa shape index (κ3) is 2.81. The molecule has 4 aromatic heterocycles. The first-order valence-corrected chi connectivity index (χ1v) is 9.60. The van der Waals surface area contributed by atoms with Crippen molar-refractivity contribution in [3.8, 4) is 11.1 Å². The van der Waals surface area contributed by atoms with Gasteiger partial charge in [0.25, 0.3) is 0 Å². The number of hydrogen-bond donors (Lipinski definition) is 1. The van der Waals surface area contributed by atoms with Gasteiger partial charge in [-0.05, 0) is 30.5 Å². The van der Waals surface area contributed by atoms with Crippen molar-refractivity contribution in [1.29, 1.82) is 0 Å². The minimum Gasteiger partial charge on any atom is -0.345 e. The van der Waals surface area contributed by atoms with Crippen molar-refractivity contribution in [2.24, 2.45) is 5.92 Å². The Kier molecular flexibility index (Phi) is 3.96. The van der Waals surface area contributed by atoms with E-state index in [0.717, 1.165) is 58.9 Å². The number of nitrogens with one attached hydrogen (secondary N) is 1. The number of aromatic amines is 1. The van der Waals surface area contributed by atoms with Gasteiger partial charge in [-0.25, -0.2) is 14.5 Å². The standard InChI is InChI=1S/C21H21N5O/c27-20(14-5-3-1-2-4-6-14)18-12-25-26-8-7-15(9-19(18)26)16-11-23-21-17(16)10-22-13-24-21/h7-14H,1-6H2,(H,22,23,24). The lowest BCUT2D eigenvalue weighted by Gasteiger charge is -2.11. The predicted molar refractivity (Wildman–Crippen MR) is 104 cm³/mol. The van der Waals surface area contributed by atoms with Crippen LogP contribution >= 0.6 is 0 Å². The Morgan fingerprint density at radius 2 is 2.00 bits per heavy atom. The largest absolute Gasteiger partial charge is 0.345 e. The van der Waals surface area contributed by atoms with Gasteiger partial charge in [0.05, 0.1) is 17.3 Å². The molecule has 4 aromatic rings. The number of Topliss-reactive ketones (excluding diaryl/α,β-unsaturated/α-hetero) is 1. The molecule has 0 unspecified atom stereocenters. The summed E-state index contributed by atoms with van der Waals surface area (Å²) in [5.74, 6) is 0.372. The minimum absolute atomic E-state index is 0.130. The second-order valence-corrected chi connectivity index (χ2v) is 7.34. The number of ketones is 1. The monoisotopic (exact) mass is 359 g/mol. The zero-order chi connectivity index (χ0) is 18.2. The van der Waals surface area contributed by atoms with Crippen LogP contribution in [0.2, 0.25) is 0 Å². The molecule has 1 saturated carbocycles. The van der Waals surface area contributed by atoms with Crippen LogP contribution in [0.25, 0.3) is 27.7 Å². The van der Waals surface area contributed by atoms with E-state index in [4.69, 9.17) is 0 Å². The summed E-state index contributed by atoms with van der Waals surface area (Å²) in [4.78, 5) is 24.7. The van der Waals surface area contributed by atoms with Gasteiger partial charge in [0, 0.05) is 35.5 Å². The van der Waals surface area contributed by atoms with Crippen molar-refractivity contribution in [2.45, 2.75) is 38.5 Å². The van der Waals surface area contributed by atoms with Crippen LogP contribution in [0.4, 0.5) is 0 Å². The Labute approximate surface area is 156 Å². The molecule has 4 heterocycles. The van der Waals surface area contributed by atoms with Gasteiger partial charge >= 0.3 is 0 Å². The van der Waals surface area contributed by atoms with Crippen LogP contribution in [0.3, 0.4) is 0 Å². The number of aromatic nitrogens is 5. The molecule has 27 heavy (non-hydrogen) atoms. The third-order valence-corrected chi connectivity index (χ3v) is 5.68. The number of fused-ring (bicyclic) bond motifs is 2. The quantitative estimate of drug-likeness (QED) is 0.434. The summed E-state index contributed by atoms with van der Waals surface area (Å²) in [5.41, 5.74) is 4.47. The molecule has 0 aliphatic heterocycles. The van der Waals surface area contributed by atoms with Gasteiger partial charge in [-0.15, -0.1) is 0 Å². The lowest BCUT2D eigenvalue weighted by molar-refractivity contribution is 0.0909. The average Bonchev–Trinajstić information content (AvgIpc) is 3.22. The fourth-order valence-corrected chi connectivity index (χ4v) is 4.20. The second-order valence-electron chi connectivity index (χ2n) is 7.34. The molecular formula is C21H21N5O. The summed E-state index contributed by atoms with van der Waals surface area (Å²) in [6.07, 6.45) is 15.7. The fraction of sp³-hybridized carbons (Fsp3) is 0.333. The highest BCUT2D eigenvalue weighted by Crippen LogP contribution is 2.31. The number of carbonyl (C=O) groups is 1. The number of rotatable bonds is 3. The van der Waals surface area contributed by atoms with Crippen LogP contribution in [0, 0.1) is 5.92 Å². The van der Waals surface area contributed by atoms with Crippen LogP contribution in [0.15, 0.2) is 43.2 Å². The van der Waals surface area contributed by atoms with Crippen molar-refractivity contribution in [2.75, 3.05) is 0 Å². The van der Waals surface area contributed by atoms with Gasteiger partial charge < -0.3 is 4.98 Å². The molecule has 1 aliphatic rings. The van der Waals surface area contributed by atoms with Crippen molar-refractivity contribution in [1.82, 2.24) is 24.6 Å². The number of hydrogen-bond acceptors (Lipinski definition) is 4. The van der Waals surface area contributed by atoms with E-state index in [0.29, 0.717) is 0 Å². The Hall–Kier alpha value is -3.02. The summed E-state index contributed by atoms with van der Waals surface area (Å²) in [7, 11) is 0. The molecule has 0 aromatic carbocycles. The number of pyridine rings is 1. The summed E-state index contributed by atoms with van der Waals surface area (Å²) < 4.78 is 1.79. The van der Waals surface area contributed by atoms with Gasteiger partial charge in [-0.3, -0.25) is 4.79 Å². The van der Waals surface area contributed by atoms with Crippen LogP contribution in [-0.4, -0.2) is 30.3 Å². The van der Waals surface area contributed by atoms with Crippen molar-refractivity contribution >= 4 is 22.3 Å². The molecule has 0 spiro atoms. The van der Waals surface area contributed by atoms with E-state index in [1.807, 2.05) is 30.7 Å². The van der Waals surface area contributed by atoms with E-state index >= 15 is 0 Å². The Bertz CT molecular complexity index is 1120. The topological polar surface area (TPSA) is 75.9 Å². The van der Waals surface area contributed by atoms with E-state index in [2.05, 4.69) is 20.1 Å². The van der Waals surface area contributed by atoms with Gasteiger partial charge in [-0.1, -0.05) is 25.7 Å². The van der Waals surface area contributed by atoms with Crippen LogP contribution in [0.5, 0.6) is 0 Å². The zero-order valence-corrected chi connectivity index (χ0v) is 15.1. The molecule has 1 N–H and O–H groups in total. The first kappa shape index (κ1) is 16.2. The molecule has 5 rings (SSSR count). The molecule has 0 saturated heterocycles. The molecule has 1 fully saturated rings. The maximum Gasteiger partial charge on any atom is 0.169 e. The Balaban J connectivity index is 1.57. The van der Waals surface area contributed by atoms with Crippen molar-refractivity contribution in [3.05, 3.63) is 48.8 Å². The van der Waals surface area contributed by atoms with E-state index in [9.17, 15) is 4.79 Å². The van der Waals surface area contributed by atoms with Gasteiger partial charge in [0.1, 0.15) is 12.0 Å². The van der Waals surface area contributed by atoms with Gasteiger partial charge in [0.15, 0.2) is 5.78 Å². The van der Waals surface area contributed by atoms with E-state index in [1.54, 1.807) is 10.7 Å². The number of H-pyrrole nitrogens is 1. The summed E-state index contributed by atoms with van der Waals surface area (Å²) in [6.45, 7) is 0. The Morgan fingerprint density at radius 3 is 2.85 bits per heavy atom. The lowest BCUT2D eigenvalue weighted by Crippen LogP contribution is -2.13. The average molecular weight is 359 g/mol. The maximum atomic E-state index is 13.2. The first-order valence-electron chi connectivity index (χ1n) is 9.60. The second kappa shape index (κ2) is 6.61. The molecule has 136 valence electrons. The summed E-state index contributed by atoms with van der Waals surface area (Å²) >= 11 is 0. The van der Waals surface area contributed by atoms with E-state index in [1.165, 1.54) is 19.2 Å². The highest BCUT2D eigenvalue weighted by molar-refractivity contribution is 6.04. The molecule has 0 atom stereocenters. The molecular weight excluding hydrogens is 338 g/mol. The number of nitrogens with zero attached hydrogens (tertiary/aromatic N) is 4. The van der Waals surface area contributed by atoms with Crippen LogP contribution in [-0.2, 0) is 0 Å². The Morgan fingerprint density at radius 1 is 1.15 bits per heavy atom. The maximum absolute atomic E-state index is 13.2. The smallest absolute Gasteiger partial charge is 0.169 e. The molecule has 0 bridgehead atoms. The SMILES string of the molecule is O=C(c1cnn2ccc(-c3c[nH]c4ncncc34)cc12)C1CCCCCC1. The fourth-order valence-electron chi connectivity index (χ4n) is 4.20. The first-order chi connectivity index (χ1) is 13.3. The number of carbonyl (C=O) groups excluding carboxylic acids is 1. The van der Waals surface area contributed by atoms with Crippen molar-refractivity contribution < 1.29 is 4.79 Å². The van der Waals surface area contributed by atoms with Gasteiger partial charge in [0.2, 0.25) is 0 Å². The normalized spacial score (nSPS) is 16.0. The molecule has 6 nitrogen and oxygen atoms in total. The summed E-state index contributed by atoms with van der Waals surface area (Å²) in [5, 5.41) is 5.38. The molecule has 0 radical (unpaired) electrons. The van der Waals surface area contributed by atoms with Crippen LogP contribution < -0.4 is 0 Å². The molecule has 1 aliphatic carbocycles. The highest BCUT2D eigenvalue weighted by Gasteiger charge is 2.24. The van der Waals surface area contributed by atoms with Crippen LogP contribution in [0.1, 0.15) is 48.9 Å². The van der Waals surface area contributed by atoms with E-state index in [-0.39, 0.29) is 11.7 Å². The molecule has 6 heteroatoms. The third-order valence-electron chi connectivity index (χ3n) is 5.68. The van der Waals surface area contributed by atoms with Gasteiger partial charge in [-0.2, -0.15) is 5.10 Å². The van der Waals surface area contributed by atoms with E-state index < -0.39 is 0 Å². The lowest BCUT2D eigenvalue weighted by atomic mass is 9.91. The zero-order valence-electron chi connectivity index (χ0n) is 15.1. The highest BCUT2D eigenvalue weighted by atomic mass is 16.1. The van der Waals surface area contributed by atoms with Crippen molar-refractivity contribution in [3.63, 3.8) is 0 Å². The summed E-state index contributed by atoms with van der Waals surface area (Å²) in [6, 6.07) is 4.06. The minimum atomic E-state index is 0.130. The molecule has 0 amide bonds. The predicted octanol–water partition coefficient (Wildman–Crippen LogP) is 4.43.